The lowest BCUT2D eigenvalue weighted by molar-refractivity contribution is -0.117. The van der Waals surface area contributed by atoms with Gasteiger partial charge in [-0.05, 0) is 62.1 Å². The van der Waals surface area contributed by atoms with Gasteiger partial charge >= 0.3 is 0 Å². The van der Waals surface area contributed by atoms with Gasteiger partial charge in [0, 0.05) is 12.2 Å². The molecule has 1 saturated carbocycles. The fourth-order valence-electron chi connectivity index (χ4n) is 3.91. The van der Waals surface area contributed by atoms with Crippen LogP contribution in [0.1, 0.15) is 42.4 Å². The summed E-state index contributed by atoms with van der Waals surface area (Å²) in [6.45, 7) is 3.78. The Bertz CT molecular complexity index is 1310. The lowest BCUT2D eigenvalue weighted by Crippen LogP contribution is -2.33. The lowest BCUT2D eigenvalue weighted by Gasteiger charge is -2.13. The summed E-state index contributed by atoms with van der Waals surface area (Å²) in [6.07, 6.45) is 6.79. The molecule has 0 radical (unpaired) electrons. The molecule has 7 heteroatoms. The van der Waals surface area contributed by atoms with Gasteiger partial charge in [-0.25, -0.2) is 0 Å². The highest BCUT2D eigenvalue weighted by Gasteiger charge is 2.21. The summed E-state index contributed by atoms with van der Waals surface area (Å²) >= 11 is 0. The Morgan fingerprint density at radius 2 is 2.03 bits per heavy atom. The quantitative estimate of drug-likeness (QED) is 0.488. The number of aromatic nitrogens is 2. The summed E-state index contributed by atoms with van der Waals surface area (Å²) in [7, 11) is 0. The summed E-state index contributed by atoms with van der Waals surface area (Å²) in [5.74, 6) is 0.0735. The minimum absolute atomic E-state index is 0.0488. The standard InChI is InChI=1S/C25H24N4O3/c1-16-7-5-11-20(13-16)32-24-21(25(31)29-12-6-8-17(2)22(29)28-24)14-18(15-26)23(30)27-19-9-3-4-10-19/h5-8,11-14,19H,3-4,9-10H2,1-2H3,(H,27,30)/b18-14+. The van der Waals surface area contributed by atoms with Crippen LogP contribution in [0.4, 0.5) is 0 Å². The van der Waals surface area contributed by atoms with E-state index in [0.29, 0.717) is 11.4 Å². The molecule has 0 aliphatic heterocycles. The number of amides is 1. The summed E-state index contributed by atoms with van der Waals surface area (Å²) in [5, 5.41) is 12.5. The Kier molecular flexibility index (Phi) is 6.04. The average Bonchev–Trinajstić information content (AvgIpc) is 3.27. The molecule has 1 N–H and O–H groups in total. The molecule has 1 aliphatic carbocycles. The zero-order valence-electron chi connectivity index (χ0n) is 18.1. The molecule has 7 nitrogen and oxygen atoms in total. The van der Waals surface area contributed by atoms with E-state index in [1.54, 1.807) is 18.3 Å². The van der Waals surface area contributed by atoms with Gasteiger partial charge in [0.1, 0.15) is 28.6 Å². The number of nitriles is 1. The topological polar surface area (TPSA) is 96.5 Å². The summed E-state index contributed by atoms with van der Waals surface area (Å²) in [5.41, 5.74) is 1.72. The van der Waals surface area contributed by atoms with Gasteiger partial charge in [0.05, 0.1) is 0 Å². The number of nitrogens with one attached hydrogen (secondary N) is 1. The largest absolute Gasteiger partial charge is 0.438 e. The van der Waals surface area contributed by atoms with Crippen LogP contribution in [-0.2, 0) is 4.79 Å². The number of benzene rings is 1. The maximum atomic E-state index is 13.3. The molecule has 32 heavy (non-hydrogen) atoms. The number of carbonyl (C=O) groups is 1. The van der Waals surface area contributed by atoms with Crippen molar-refractivity contribution >= 4 is 17.6 Å². The van der Waals surface area contributed by atoms with Crippen molar-refractivity contribution in [3.05, 3.63) is 75.2 Å². The second kappa shape index (κ2) is 9.06. The van der Waals surface area contributed by atoms with Crippen molar-refractivity contribution in [2.75, 3.05) is 0 Å². The van der Waals surface area contributed by atoms with E-state index < -0.39 is 11.5 Å². The number of ether oxygens (including phenoxy) is 1. The highest BCUT2D eigenvalue weighted by Crippen LogP contribution is 2.25. The predicted molar refractivity (Wildman–Crippen MR) is 121 cm³/mol. The molecule has 1 fully saturated rings. The first-order chi connectivity index (χ1) is 15.5. The van der Waals surface area contributed by atoms with Gasteiger partial charge in [-0.1, -0.05) is 31.0 Å². The van der Waals surface area contributed by atoms with Crippen LogP contribution < -0.4 is 15.6 Å². The molecule has 0 atom stereocenters. The molecular formula is C25H24N4O3. The number of hydrogen-bond acceptors (Lipinski definition) is 5. The predicted octanol–water partition coefficient (Wildman–Crippen LogP) is 4.07. The van der Waals surface area contributed by atoms with E-state index in [2.05, 4.69) is 10.3 Å². The second-order valence-electron chi connectivity index (χ2n) is 8.06. The monoisotopic (exact) mass is 428 g/mol. The van der Waals surface area contributed by atoms with Crippen LogP contribution in [-0.4, -0.2) is 21.3 Å². The minimum Gasteiger partial charge on any atom is -0.438 e. The van der Waals surface area contributed by atoms with E-state index in [-0.39, 0.29) is 23.1 Å². The number of aryl methyl sites for hydroxylation is 2. The Morgan fingerprint density at radius 1 is 1.25 bits per heavy atom. The third kappa shape index (κ3) is 4.40. The van der Waals surface area contributed by atoms with E-state index >= 15 is 0 Å². The smallest absolute Gasteiger partial charge is 0.269 e. The molecule has 0 spiro atoms. The number of nitrogens with zero attached hydrogens (tertiary/aromatic N) is 3. The van der Waals surface area contributed by atoms with Crippen LogP contribution in [0.15, 0.2) is 53.0 Å². The summed E-state index contributed by atoms with van der Waals surface area (Å²) in [6, 6.07) is 12.9. The molecule has 0 unspecified atom stereocenters. The second-order valence-corrected chi connectivity index (χ2v) is 8.06. The van der Waals surface area contributed by atoms with Gasteiger partial charge in [-0.15, -0.1) is 0 Å². The van der Waals surface area contributed by atoms with Gasteiger partial charge < -0.3 is 10.1 Å². The van der Waals surface area contributed by atoms with E-state index in [1.807, 2.05) is 44.2 Å². The number of rotatable bonds is 5. The highest BCUT2D eigenvalue weighted by molar-refractivity contribution is 6.02. The Hall–Kier alpha value is -3.92. The number of fused-ring (bicyclic) bond motifs is 1. The molecular weight excluding hydrogens is 404 g/mol. The summed E-state index contributed by atoms with van der Waals surface area (Å²) < 4.78 is 7.38. The van der Waals surface area contributed by atoms with Gasteiger partial charge in [0.2, 0.25) is 5.88 Å². The van der Waals surface area contributed by atoms with Gasteiger partial charge in [-0.3, -0.25) is 14.0 Å². The fourth-order valence-corrected chi connectivity index (χ4v) is 3.91. The Morgan fingerprint density at radius 3 is 2.75 bits per heavy atom. The van der Waals surface area contributed by atoms with Crippen molar-refractivity contribution in [1.29, 1.82) is 5.26 Å². The molecule has 0 saturated heterocycles. The fraction of sp³-hybridized carbons (Fsp3) is 0.280. The zero-order chi connectivity index (χ0) is 22.7. The molecule has 2 aromatic heterocycles. The first kappa shape index (κ1) is 21.3. The van der Waals surface area contributed by atoms with Crippen molar-refractivity contribution in [2.45, 2.75) is 45.6 Å². The van der Waals surface area contributed by atoms with E-state index in [9.17, 15) is 14.9 Å². The Labute approximate surface area is 186 Å². The van der Waals surface area contributed by atoms with Crippen LogP contribution in [0.25, 0.3) is 11.7 Å². The first-order valence-electron chi connectivity index (χ1n) is 10.7. The molecule has 1 aromatic carbocycles. The van der Waals surface area contributed by atoms with Crippen LogP contribution >= 0.6 is 0 Å². The van der Waals surface area contributed by atoms with Crippen LogP contribution in [0, 0.1) is 25.2 Å². The SMILES string of the molecule is Cc1cccc(Oc2nc3c(C)cccn3c(=O)c2/C=C(\C#N)C(=O)NC2CCCC2)c1. The highest BCUT2D eigenvalue weighted by atomic mass is 16.5. The van der Waals surface area contributed by atoms with E-state index in [0.717, 1.165) is 36.8 Å². The average molecular weight is 428 g/mol. The number of pyridine rings is 1. The van der Waals surface area contributed by atoms with Crippen molar-refractivity contribution in [3.8, 4) is 17.7 Å². The van der Waals surface area contributed by atoms with Crippen molar-refractivity contribution in [2.24, 2.45) is 0 Å². The molecule has 2 heterocycles. The number of hydrogen-bond donors (Lipinski definition) is 1. The van der Waals surface area contributed by atoms with E-state index in [4.69, 9.17) is 4.74 Å². The third-order valence-electron chi connectivity index (χ3n) is 5.60. The minimum atomic E-state index is -0.491. The third-order valence-corrected chi connectivity index (χ3v) is 5.60. The van der Waals surface area contributed by atoms with Gasteiger partial charge in [0.25, 0.3) is 11.5 Å². The maximum absolute atomic E-state index is 13.3. The van der Waals surface area contributed by atoms with Crippen LogP contribution in [0.5, 0.6) is 11.6 Å². The van der Waals surface area contributed by atoms with Crippen LogP contribution in [0.3, 0.4) is 0 Å². The molecule has 0 bridgehead atoms. The van der Waals surface area contributed by atoms with Gasteiger partial charge in [0.15, 0.2) is 0 Å². The van der Waals surface area contributed by atoms with E-state index in [1.165, 1.54) is 10.5 Å². The van der Waals surface area contributed by atoms with Crippen molar-refractivity contribution in [1.82, 2.24) is 14.7 Å². The van der Waals surface area contributed by atoms with Crippen LogP contribution in [0.2, 0.25) is 0 Å². The van der Waals surface area contributed by atoms with Crippen molar-refractivity contribution in [3.63, 3.8) is 0 Å². The summed E-state index contributed by atoms with van der Waals surface area (Å²) in [4.78, 5) is 30.6. The first-order valence-corrected chi connectivity index (χ1v) is 10.7. The molecule has 4 rings (SSSR count). The number of carbonyl (C=O) groups excluding carboxylic acids is 1. The lowest BCUT2D eigenvalue weighted by atomic mass is 10.1. The van der Waals surface area contributed by atoms with Gasteiger partial charge in [-0.2, -0.15) is 10.2 Å². The zero-order valence-corrected chi connectivity index (χ0v) is 18.1. The Balaban J connectivity index is 1.83. The molecule has 3 aromatic rings. The molecule has 162 valence electrons. The molecule has 1 aliphatic rings. The normalized spacial score (nSPS) is 14.3. The molecule has 1 amide bonds. The maximum Gasteiger partial charge on any atom is 0.269 e. The van der Waals surface area contributed by atoms with Crippen molar-refractivity contribution < 1.29 is 9.53 Å².